The standard InChI is InChI=1S/C21H26N6O/c28-20(12-16-13-23-18-6-2-1-5-17(16)18)26-10-3-4-15(14-26)21-25-24-19-7-8-22-9-11-27(19)21/h1-2,5-6,13,15,22-23H,3-4,7-12,14H2/t15-/m0/s1. The molecule has 3 aromatic rings. The van der Waals surface area contributed by atoms with Crippen LogP contribution in [0, 0.1) is 0 Å². The average Bonchev–Trinajstić information content (AvgIpc) is 3.25. The first-order chi connectivity index (χ1) is 13.8. The van der Waals surface area contributed by atoms with Crippen molar-refractivity contribution in [1.29, 1.82) is 0 Å². The van der Waals surface area contributed by atoms with Crippen molar-refractivity contribution >= 4 is 16.8 Å². The minimum Gasteiger partial charge on any atom is -0.361 e. The Morgan fingerprint density at radius 3 is 3.07 bits per heavy atom. The summed E-state index contributed by atoms with van der Waals surface area (Å²) in [5.74, 6) is 2.61. The van der Waals surface area contributed by atoms with E-state index in [4.69, 9.17) is 0 Å². The molecule has 0 unspecified atom stereocenters. The molecule has 7 nitrogen and oxygen atoms in total. The number of hydrogen-bond acceptors (Lipinski definition) is 4. The fraction of sp³-hybridized carbons (Fsp3) is 0.476. The van der Waals surface area contributed by atoms with Crippen LogP contribution in [0.25, 0.3) is 10.9 Å². The summed E-state index contributed by atoms with van der Waals surface area (Å²) >= 11 is 0. The zero-order valence-corrected chi connectivity index (χ0v) is 16.0. The number of aromatic nitrogens is 4. The fourth-order valence-electron chi connectivity index (χ4n) is 4.56. The molecule has 4 heterocycles. The largest absolute Gasteiger partial charge is 0.361 e. The second-order valence-corrected chi connectivity index (χ2v) is 7.84. The van der Waals surface area contributed by atoms with Crippen molar-refractivity contribution in [2.75, 3.05) is 26.2 Å². The van der Waals surface area contributed by atoms with Crippen LogP contribution < -0.4 is 5.32 Å². The molecule has 7 heteroatoms. The number of para-hydroxylation sites is 1. The monoisotopic (exact) mass is 378 g/mol. The lowest BCUT2D eigenvalue weighted by Gasteiger charge is -2.32. The average molecular weight is 378 g/mol. The van der Waals surface area contributed by atoms with Gasteiger partial charge >= 0.3 is 0 Å². The van der Waals surface area contributed by atoms with Crippen LogP contribution in [-0.4, -0.2) is 56.7 Å². The second-order valence-electron chi connectivity index (χ2n) is 7.84. The summed E-state index contributed by atoms with van der Waals surface area (Å²) in [4.78, 5) is 18.3. The smallest absolute Gasteiger partial charge is 0.227 e. The Kier molecular flexibility index (Phi) is 4.60. The number of likely N-dealkylation sites (tertiary alicyclic amines) is 1. The lowest BCUT2D eigenvalue weighted by molar-refractivity contribution is -0.131. The number of aromatic amines is 1. The molecule has 2 aliphatic heterocycles. The van der Waals surface area contributed by atoms with E-state index in [9.17, 15) is 4.79 Å². The first-order valence-electron chi connectivity index (χ1n) is 10.2. The molecule has 0 spiro atoms. The highest BCUT2D eigenvalue weighted by Gasteiger charge is 2.29. The molecule has 0 aliphatic carbocycles. The number of H-pyrrole nitrogens is 1. The highest BCUT2D eigenvalue weighted by atomic mass is 16.2. The molecule has 2 N–H and O–H groups in total. The summed E-state index contributed by atoms with van der Waals surface area (Å²) < 4.78 is 2.28. The number of fused-ring (bicyclic) bond motifs is 2. The molecular formula is C21H26N6O. The quantitative estimate of drug-likeness (QED) is 0.729. The normalized spacial score (nSPS) is 20.1. The minimum atomic E-state index is 0.201. The van der Waals surface area contributed by atoms with Crippen LogP contribution in [0.4, 0.5) is 0 Å². The van der Waals surface area contributed by atoms with Gasteiger partial charge in [0.05, 0.1) is 6.42 Å². The number of carbonyl (C=O) groups is 1. The maximum Gasteiger partial charge on any atom is 0.227 e. The summed E-state index contributed by atoms with van der Waals surface area (Å²) in [5.41, 5.74) is 2.16. The van der Waals surface area contributed by atoms with Crippen LogP contribution in [0.15, 0.2) is 30.5 Å². The second kappa shape index (κ2) is 7.39. The van der Waals surface area contributed by atoms with Crippen molar-refractivity contribution < 1.29 is 4.79 Å². The van der Waals surface area contributed by atoms with Gasteiger partial charge in [-0.3, -0.25) is 4.79 Å². The van der Waals surface area contributed by atoms with Crippen LogP contribution in [0.3, 0.4) is 0 Å². The predicted molar refractivity (Wildman–Crippen MR) is 107 cm³/mol. The van der Waals surface area contributed by atoms with Gasteiger partial charge in [-0.25, -0.2) is 0 Å². The van der Waals surface area contributed by atoms with Crippen LogP contribution in [0.1, 0.15) is 36.0 Å². The summed E-state index contributed by atoms with van der Waals surface area (Å²) in [7, 11) is 0. The zero-order valence-electron chi connectivity index (χ0n) is 16.0. The van der Waals surface area contributed by atoms with Gasteiger partial charge in [-0.05, 0) is 24.5 Å². The molecule has 2 aliphatic rings. The van der Waals surface area contributed by atoms with E-state index < -0.39 is 0 Å². The maximum atomic E-state index is 13.0. The van der Waals surface area contributed by atoms with Gasteiger partial charge in [0.25, 0.3) is 0 Å². The SMILES string of the molecule is O=C(Cc1c[nH]c2ccccc12)N1CCC[C@H](c2nnc3n2CCNCC3)C1. The van der Waals surface area contributed by atoms with Gasteiger partial charge in [0, 0.05) is 62.2 Å². The van der Waals surface area contributed by atoms with Gasteiger partial charge < -0.3 is 19.8 Å². The summed E-state index contributed by atoms with van der Waals surface area (Å²) in [6.45, 7) is 4.40. The molecule has 28 heavy (non-hydrogen) atoms. The number of rotatable bonds is 3. The first kappa shape index (κ1) is 17.4. The Morgan fingerprint density at radius 1 is 1.18 bits per heavy atom. The minimum absolute atomic E-state index is 0.201. The topological polar surface area (TPSA) is 78.8 Å². The molecule has 1 fully saturated rings. The molecule has 0 radical (unpaired) electrons. The molecule has 1 saturated heterocycles. The van der Waals surface area contributed by atoms with E-state index >= 15 is 0 Å². The van der Waals surface area contributed by atoms with Crippen LogP contribution in [0.2, 0.25) is 0 Å². The summed E-state index contributed by atoms with van der Waals surface area (Å²) in [6, 6.07) is 8.16. The summed E-state index contributed by atoms with van der Waals surface area (Å²) in [5, 5.41) is 13.5. The van der Waals surface area contributed by atoms with Crippen molar-refractivity contribution in [1.82, 2.24) is 30.0 Å². The predicted octanol–water partition coefficient (Wildman–Crippen LogP) is 1.85. The highest BCUT2D eigenvalue weighted by Crippen LogP contribution is 2.27. The molecule has 2 aromatic heterocycles. The van der Waals surface area contributed by atoms with E-state index in [0.717, 1.165) is 80.1 Å². The fourth-order valence-corrected chi connectivity index (χ4v) is 4.56. The third-order valence-electron chi connectivity index (χ3n) is 6.05. The highest BCUT2D eigenvalue weighted by molar-refractivity contribution is 5.88. The van der Waals surface area contributed by atoms with Gasteiger partial charge in [-0.1, -0.05) is 18.2 Å². The van der Waals surface area contributed by atoms with Crippen molar-refractivity contribution in [3.63, 3.8) is 0 Å². The lowest BCUT2D eigenvalue weighted by atomic mass is 9.96. The number of amides is 1. The number of carbonyl (C=O) groups excluding carboxylic acids is 1. The Labute approximate surface area is 164 Å². The zero-order chi connectivity index (χ0) is 18.9. The van der Waals surface area contributed by atoms with E-state index in [1.165, 1.54) is 0 Å². The van der Waals surface area contributed by atoms with E-state index in [1.807, 2.05) is 29.3 Å². The third-order valence-corrected chi connectivity index (χ3v) is 6.05. The van der Waals surface area contributed by atoms with E-state index in [1.54, 1.807) is 0 Å². The third kappa shape index (κ3) is 3.20. The molecule has 146 valence electrons. The first-order valence-corrected chi connectivity index (χ1v) is 10.2. The van der Waals surface area contributed by atoms with Gasteiger partial charge in [0.1, 0.15) is 11.6 Å². The number of nitrogens with one attached hydrogen (secondary N) is 2. The molecule has 5 rings (SSSR count). The van der Waals surface area contributed by atoms with Crippen LogP contribution in [-0.2, 0) is 24.2 Å². The van der Waals surface area contributed by atoms with Crippen molar-refractivity contribution in [3.05, 3.63) is 47.7 Å². The Balaban J connectivity index is 1.32. The number of benzene rings is 1. The molecular weight excluding hydrogens is 352 g/mol. The molecule has 1 aromatic carbocycles. The molecule has 1 atom stereocenters. The van der Waals surface area contributed by atoms with Gasteiger partial charge in [0.15, 0.2) is 0 Å². The van der Waals surface area contributed by atoms with Crippen LogP contribution >= 0.6 is 0 Å². The van der Waals surface area contributed by atoms with Crippen molar-refractivity contribution in [2.24, 2.45) is 0 Å². The lowest BCUT2D eigenvalue weighted by Crippen LogP contribution is -2.40. The Bertz CT molecular complexity index is 990. The number of nitrogens with zero attached hydrogens (tertiary/aromatic N) is 4. The summed E-state index contributed by atoms with van der Waals surface area (Å²) in [6.07, 6.45) is 5.42. The van der Waals surface area contributed by atoms with Gasteiger partial charge in [0.2, 0.25) is 5.91 Å². The van der Waals surface area contributed by atoms with E-state index in [-0.39, 0.29) is 11.8 Å². The Hall–Kier alpha value is -2.67. The van der Waals surface area contributed by atoms with Crippen molar-refractivity contribution in [2.45, 2.75) is 38.1 Å². The maximum absolute atomic E-state index is 13.0. The molecule has 0 bridgehead atoms. The molecule has 1 amide bonds. The van der Waals surface area contributed by atoms with E-state index in [0.29, 0.717) is 6.42 Å². The Morgan fingerprint density at radius 2 is 2.11 bits per heavy atom. The van der Waals surface area contributed by atoms with Gasteiger partial charge in [-0.2, -0.15) is 0 Å². The number of hydrogen-bond donors (Lipinski definition) is 2. The van der Waals surface area contributed by atoms with Crippen molar-refractivity contribution in [3.8, 4) is 0 Å². The van der Waals surface area contributed by atoms with E-state index in [2.05, 4.69) is 31.1 Å². The van der Waals surface area contributed by atoms with Gasteiger partial charge in [-0.15, -0.1) is 10.2 Å². The molecule has 0 saturated carbocycles. The number of piperidine rings is 1. The van der Waals surface area contributed by atoms with Crippen LogP contribution in [0.5, 0.6) is 0 Å².